The van der Waals surface area contributed by atoms with Crippen LogP contribution in [0.15, 0.2) is 24.3 Å². The Morgan fingerprint density at radius 3 is 2.76 bits per heavy atom. The summed E-state index contributed by atoms with van der Waals surface area (Å²) < 4.78 is 5.26. The Bertz CT molecular complexity index is 526. The van der Waals surface area contributed by atoms with Crippen LogP contribution in [0.3, 0.4) is 0 Å². The standard InChI is InChI=1S/C14H18N2O5/c17-10-14(6-1-2-7-14)15-13(18)9-21-12-5-3-4-11(8-12)16(19)20/h3-5,8,17H,1-2,6-7,9-10H2,(H,15,18). The molecule has 0 atom stereocenters. The maximum atomic E-state index is 11.9. The predicted molar refractivity (Wildman–Crippen MR) is 75.0 cm³/mol. The lowest BCUT2D eigenvalue weighted by Gasteiger charge is -2.27. The third-order valence-corrected chi connectivity index (χ3v) is 3.67. The van der Waals surface area contributed by atoms with E-state index in [0.29, 0.717) is 0 Å². The van der Waals surface area contributed by atoms with Crippen LogP contribution in [0.5, 0.6) is 5.75 Å². The highest BCUT2D eigenvalue weighted by molar-refractivity contribution is 5.78. The average Bonchev–Trinajstić information content (AvgIpc) is 2.94. The van der Waals surface area contributed by atoms with Gasteiger partial charge in [0.2, 0.25) is 0 Å². The van der Waals surface area contributed by atoms with Crippen molar-refractivity contribution in [3.63, 3.8) is 0 Å². The van der Waals surface area contributed by atoms with Crippen LogP contribution < -0.4 is 10.1 Å². The Morgan fingerprint density at radius 2 is 2.14 bits per heavy atom. The molecule has 0 bridgehead atoms. The third-order valence-electron chi connectivity index (χ3n) is 3.67. The molecule has 114 valence electrons. The van der Waals surface area contributed by atoms with Crippen LogP contribution in [0.25, 0.3) is 0 Å². The second kappa shape index (κ2) is 6.53. The highest BCUT2D eigenvalue weighted by Crippen LogP contribution is 2.29. The SMILES string of the molecule is O=C(COc1cccc([N+](=O)[O-])c1)NC1(CO)CCCC1. The van der Waals surface area contributed by atoms with E-state index in [1.54, 1.807) is 6.07 Å². The van der Waals surface area contributed by atoms with E-state index in [-0.39, 0.29) is 30.6 Å². The van der Waals surface area contributed by atoms with Crippen LogP contribution in [0, 0.1) is 10.1 Å². The minimum atomic E-state index is -0.539. The molecule has 2 N–H and O–H groups in total. The monoisotopic (exact) mass is 294 g/mol. The van der Waals surface area contributed by atoms with Gasteiger partial charge in [-0.25, -0.2) is 0 Å². The molecule has 21 heavy (non-hydrogen) atoms. The number of amides is 1. The number of rotatable bonds is 6. The summed E-state index contributed by atoms with van der Waals surface area (Å²) in [5.41, 5.74) is -0.626. The first-order valence-corrected chi connectivity index (χ1v) is 6.84. The lowest BCUT2D eigenvalue weighted by molar-refractivity contribution is -0.384. The molecule has 1 aliphatic rings. The lowest BCUT2D eigenvalue weighted by Crippen LogP contribution is -2.50. The summed E-state index contributed by atoms with van der Waals surface area (Å²) in [6.07, 6.45) is 3.47. The van der Waals surface area contributed by atoms with Gasteiger partial charge in [0.15, 0.2) is 6.61 Å². The maximum absolute atomic E-state index is 11.9. The van der Waals surface area contributed by atoms with Gasteiger partial charge in [0.1, 0.15) is 5.75 Å². The van der Waals surface area contributed by atoms with Crippen molar-refractivity contribution >= 4 is 11.6 Å². The van der Waals surface area contributed by atoms with Gasteiger partial charge >= 0.3 is 0 Å². The van der Waals surface area contributed by atoms with Gasteiger partial charge in [0.05, 0.1) is 23.1 Å². The number of carbonyl (C=O) groups is 1. The Balaban J connectivity index is 1.89. The van der Waals surface area contributed by atoms with Crippen molar-refractivity contribution in [2.75, 3.05) is 13.2 Å². The molecule has 0 radical (unpaired) electrons. The molecule has 1 aromatic rings. The van der Waals surface area contributed by atoms with Crippen LogP contribution in [-0.2, 0) is 4.79 Å². The first-order valence-electron chi connectivity index (χ1n) is 6.84. The number of benzene rings is 1. The molecule has 1 aliphatic carbocycles. The molecule has 2 rings (SSSR count). The largest absolute Gasteiger partial charge is 0.484 e. The van der Waals surface area contributed by atoms with Crippen molar-refractivity contribution in [2.24, 2.45) is 0 Å². The van der Waals surface area contributed by atoms with Crippen molar-refractivity contribution in [3.05, 3.63) is 34.4 Å². The number of aliphatic hydroxyl groups excluding tert-OH is 1. The van der Waals surface area contributed by atoms with Crippen LogP contribution in [0.1, 0.15) is 25.7 Å². The van der Waals surface area contributed by atoms with E-state index in [2.05, 4.69) is 5.32 Å². The Morgan fingerprint density at radius 1 is 1.43 bits per heavy atom. The summed E-state index contributed by atoms with van der Waals surface area (Å²) in [5.74, 6) is -0.0683. The number of aliphatic hydroxyl groups is 1. The first-order chi connectivity index (χ1) is 10.0. The summed E-state index contributed by atoms with van der Waals surface area (Å²) in [4.78, 5) is 22.0. The van der Waals surface area contributed by atoms with Crippen molar-refractivity contribution in [1.29, 1.82) is 0 Å². The van der Waals surface area contributed by atoms with E-state index in [4.69, 9.17) is 4.74 Å². The summed E-state index contributed by atoms with van der Waals surface area (Å²) in [5, 5.41) is 22.9. The molecule has 0 heterocycles. The quantitative estimate of drug-likeness (QED) is 0.610. The normalized spacial score (nSPS) is 16.4. The smallest absolute Gasteiger partial charge is 0.273 e. The molecule has 0 unspecified atom stereocenters. The van der Waals surface area contributed by atoms with E-state index in [0.717, 1.165) is 25.7 Å². The average molecular weight is 294 g/mol. The van der Waals surface area contributed by atoms with E-state index in [1.807, 2.05) is 0 Å². The fourth-order valence-corrected chi connectivity index (χ4v) is 2.54. The molecule has 1 saturated carbocycles. The molecule has 7 heteroatoms. The zero-order chi connectivity index (χ0) is 15.3. The van der Waals surface area contributed by atoms with Gasteiger partial charge in [-0.3, -0.25) is 14.9 Å². The van der Waals surface area contributed by atoms with Gasteiger partial charge < -0.3 is 15.2 Å². The molecule has 0 saturated heterocycles. The zero-order valence-electron chi connectivity index (χ0n) is 11.6. The second-order valence-corrected chi connectivity index (χ2v) is 5.24. The zero-order valence-corrected chi connectivity index (χ0v) is 11.6. The summed E-state index contributed by atoms with van der Waals surface area (Å²) in [6.45, 7) is -0.321. The second-order valence-electron chi connectivity index (χ2n) is 5.24. The summed E-state index contributed by atoms with van der Waals surface area (Å²) in [6, 6.07) is 5.67. The lowest BCUT2D eigenvalue weighted by atomic mass is 9.99. The minimum absolute atomic E-state index is 0.0875. The number of hydrogen-bond donors (Lipinski definition) is 2. The number of non-ortho nitro benzene ring substituents is 1. The molecule has 0 aromatic heterocycles. The van der Waals surface area contributed by atoms with E-state index in [1.165, 1.54) is 18.2 Å². The van der Waals surface area contributed by atoms with Gasteiger partial charge in [-0.05, 0) is 18.9 Å². The fourth-order valence-electron chi connectivity index (χ4n) is 2.54. The van der Waals surface area contributed by atoms with Crippen LogP contribution in [0.2, 0.25) is 0 Å². The molecule has 0 spiro atoms. The minimum Gasteiger partial charge on any atom is -0.484 e. The number of hydrogen-bond acceptors (Lipinski definition) is 5. The molecular weight excluding hydrogens is 276 g/mol. The molecular formula is C14H18N2O5. The number of ether oxygens (including phenoxy) is 1. The van der Waals surface area contributed by atoms with Crippen LogP contribution in [-0.4, -0.2) is 34.7 Å². The Kier molecular flexibility index (Phi) is 4.74. The van der Waals surface area contributed by atoms with Crippen molar-refractivity contribution in [1.82, 2.24) is 5.32 Å². The molecule has 7 nitrogen and oxygen atoms in total. The summed E-state index contributed by atoms with van der Waals surface area (Å²) in [7, 11) is 0. The van der Waals surface area contributed by atoms with Crippen LogP contribution >= 0.6 is 0 Å². The number of nitro benzene ring substituents is 1. The first kappa shape index (κ1) is 15.2. The number of carbonyl (C=O) groups excluding carboxylic acids is 1. The number of nitrogens with zero attached hydrogens (tertiary/aromatic N) is 1. The van der Waals surface area contributed by atoms with Gasteiger partial charge in [-0.1, -0.05) is 18.9 Å². The molecule has 1 amide bonds. The topological polar surface area (TPSA) is 102 Å². The van der Waals surface area contributed by atoms with E-state index >= 15 is 0 Å². The van der Waals surface area contributed by atoms with Crippen molar-refractivity contribution < 1.29 is 19.6 Å². The van der Waals surface area contributed by atoms with Gasteiger partial charge in [-0.2, -0.15) is 0 Å². The van der Waals surface area contributed by atoms with E-state index in [9.17, 15) is 20.0 Å². The van der Waals surface area contributed by atoms with Crippen molar-refractivity contribution in [2.45, 2.75) is 31.2 Å². The summed E-state index contributed by atoms with van der Waals surface area (Å²) >= 11 is 0. The van der Waals surface area contributed by atoms with Crippen molar-refractivity contribution in [3.8, 4) is 5.75 Å². The van der Waals surface area contributed by atoms with Gasteiger partial charge in [0, 0.05) is 6.07 Å². The highest BCUT2D eigenvalue weighted by Gasteiger charge is 2.34. The van der Waals surface area contributed by atoms with E-state index < -0.39 is 10.5 Å². The maximum Gasteiger partial charge on any atom is 0.273 e. The molecule has 0 aliphatic heterocycles. The van der Waals surface area contributed by atoms with Crippen LogP contribution in [0.4, 0.5) is 5.69 Å². The molecule has 1 fully saturated rings. The number of nitrogens with one attached hydrogen (secondary N) is 1. The Labute approximate surface area is 122 Å². The van der Waals surface area contributed by atoms with Gasteiger partial charge in [-0.15, -0.1) is 0 Å². The predicted octanol–water partition coefficient (Wildman–Crippen LogP) is 1.39. The Hall–Kier alpha value is -2.15. The number of nitro groups is 1. The third kappa shape index (κ3) is 3.91. The highest BCUT2D eigenvalue weighted by atomic mass is 16.6. The molecule has 1 aromatic carbocycles. The fraction of sp³-hybridized carbons (Fsp3) is 0.500. The van der Waals surface area contributed by atoms with Gasteiger partial charge in [0.25, 0.3) is 11.6 Å².